The first-order chi connectivity index (χ1) is 12.6. The number of benzene rings is 2. The number of hydrogen-bond acceptors (Lipinski definition) is 4. The number of ether oxygens (including phenoxy) is 1. The van der Waals surface area contributed by atoms with Crippen LogP contribution in [0.25, 0.3) is 0 Å². The maximum Gasteiger partial charge on any atom is 0.173 e. The first-order valence-corrected chi connectivity index (χ1v) is 9.34. The molecule has 6 heteroatoms. The summed E-state index contributed by atoms with van der Waals surface area (Å²) >= 11 is 5.56. The van der Waals surface area contributed by atoms with Gasteiger partial charge in [-0.1, -0.05) is 12.1 Å². The minimum absolute atomic E-state index is 0.321. The number of nitrogens with one attached hydrogen (secondary N) is 1. The zero-order chi connectivity index (χ0) is 18.4. The lowest BCUT2D eigenvalue weighted by atomic mass is 10.2. The molecule has 0 spiro atoms. The number of rotatable bonds is 5. The van der Waals surface area contributed by atoms with Crippen molar-refractivity contribution in [2.75, 3.05) is 38.1 Å². The molecular weight excluding hydrogens is 346 g/mol. The third-order valence-electron chi connectivity index (χ3n) is 4.39. The number of aromatic hydroxyl groups is 1. The Morgan fingerprint density at radius 3 is 2.50 bits per heavy atom. The Hall–Kier alpha value is -2.31. The Bertz CT molecular complexity index is 728. The molecule has 1 saturated heterocycles. The van der Waals surface area contributed by atoms with E-state index < -0.39 is 0 Å². The van der Waals surface area contributed by atoms with E-state index in [4.69, 9.17) is 17.0 Å². The van der Waals surface area contributed by atoms with Crippen LogP contribution >= 0.6 is 12.2 Å². The van der Waals surface area contributed by atoms with Gasteiger partial charge in [-0.3, -0.25) is 4.90 Å². The lowest BCUT2D eigenvalue weighted by molar-refractivity contribution is 0.177. The van der Waals surface area contributed by atoms with Crippen LogP contribution in [0.3, 0.4) is 0 Å². The topological polar surface area (TPSA) is 48.0 Å². The molecule has 0 aromatic heterocycles. The highest BCUT2D eigenvalue weighted by atomic mass is 32.1. The summed E-state index contributed by atoms with van der Waals surface area (Å²) in [6, 6.07) is 15.3. The van der Waals surface area contributed by atoms with Crippen LogP contribution in [0.1, 0.15) is 12.5 Å². The van der Waals surface area contributed by atoms with Gasteiger partial charge in [0.15, 0.2) is 5.11 Å². The molecular formula is C20H25N3O2S. The fraction of sp³-hybridized carbons (Fsp3) is 0.350. The molecule has 2 aromatic rings. The molecule has 0 aliphatic carbocycles. The van der Waals surface area contributed by atoms with Gasteiger partial charge >= 0.3 is 0 Å². The predicted molar refractivity (Wildman–Crippen MR) is 109 cm³/mol. The van der Waals surface area contributed by atoms with E-state index in [2.05, 4.69) is 15.1 Å². The summed E-state index contributed by atoms with van der Waals surface area (Å²) in [7, 11) is 0. The van der Waals surface area contributed by atoms with E-state index in [9.17, 15) is 5.11 Å². The van der Waals surface area contributed by atoms with Gasteiger partial charge in [0.05, 0.1) is 6.61 Å². The van der Waals surface area contributed by atoms with Crippen LogP contribution in [-0.2, 0) is 6.54 Å². The first kappa shape index (κ1) is 18.5. The van der Waals surface area contributed by atoms with Crippen molar-refractivity contribution in [2.45, 2.75) is 13.5 Å². The summed E-state index contributed by atoms with van der Waals surface area (Å²) < 4.78 is 5.46. The molecule has 1 heterocycles. The molecule has 3 rings (SSSR count). The summed E-state index contributed by atoms with van der Waals surface area (Å²) in [5.74, 6) is 1.19. The molecule has 138 valence electrons. The van der Waals surface area contributed by atoms with Gasteiger partial charge < -0.3 is 20.1 Å². The quantitative estimate of drug-likeness (QED) is 0.787. The van der Waals surface area contributed by atoms with E-state index in [-0.39, 0.29) is 0 Å². The van der Waals surface area contributed by atoms with E-state index in [1.165, 1.54) is 0 Å². The highest BCUT2D eigenvalue weighted by molar-refractivity contribution is 7.80. The Morgan fingerprint density at radius 2 is 1.85 bits per heavy atom. The second kappa shape index (κ2) is 8.87. The van der Waals surface area contributed by atoms with Gasteiger partial charge in [-0.2, -0.15) is 0 Å². The van der Waals surface area contributed by atoms with Gasteiger partial charge in [-0.05, 0) is 61.1 Å². The van der Waals surface area contributed by atoms with Crippen LogP contribution in [-0.4, -0.2) is 52.8 Å². The van der Waals surface area contributed by atoms with E-state index in [0.29, 0.717) is 12.4 Å². The van der Waals surface area contributed by atoms with E-state index >= 15 is 0 Å². The van der Waals surface area contributed by atoms with Crippen LogP contribution in [0.15, 0.2) is 48.5 Å². The minimum Gasteiger partial charge on any atom is -0.508 e. The van der Waals surface area contributed by atoms with Crippen molar-refractivity contribution in [3.8, 4) is 11.5 Å². The smallest absolute Gasteiger partial charge is 0.173 e. The molecule has 0 amide bonds. The second-order valence-corrected chi connectivity index (χ2v) is 6.71. The highest BCUT2D eigenvalue weighted by Crippen LogP contribution is 2.17. The summed E-state index contributed by atoms with van der Waals surface area (Å²) in [4.78, 5) is 4.58. The molecule has 0 atom stereocenters. The fourth-order valence-corrected chi connectivity index (χ4v) is 3.33. The predicted octanol–water partition coefficient (Wildman–Crippen LogP) is 3.31. The van der Waals surface area contributed by atoms with Crippen molar-refractivity contribution in [1.29, 1.82) is 0 Å². The fourth-order valence-electron chi connectivity index (χ4n) is 3.03. The number of anilines is 1. The molecule has 2 N–H and O–H groups in total. The first-order valence-electron chi connectivity index (χ1n) is 8.93. The molecule has 0 bridgehead atoms. The van der Waals surface area contributed by atoms with Gasteiger partial charge in [0.2, 0.25) is 0 Å². The average molecular weight is 372 g/mol. The molecule has 1 fully saturated rings. The highest BCUT2D eigenvalue weighted by Gasteiger charge is 2.19. The van der Waals surface area contributed by atoms with Crippen LogP contribution < -0.4 is 10.1 Å². The standard InChI is InChI=1S/C20H25N3O2S/c1-2-25-19-8-6-17(7-9-19)21-20(26)23-12-10-22(11-13-23)15-16-4-3-5-18(24)14-16/h3-9,14,24H,2,10-13,15H2,1H3,(H,21,26). The third kappa shape index (κ3) is 5.09. The molecule has 5 nitrogen and oxygen atoms in total. The van der Waals surface area contributed by atoms with E-state index in [0.717, 1.165) is 54.8 Å². The van der Waals surface area contributed by atoms with Crippen LogP contribution in [0.2, 0.25) is 0 Å². The Labute approximate surface area is 160 Å². The normalized spacial score (nSPS) is 14.9. The largest absolute Gasteiger partial charge is 0.508 e. The molecule has 1 aliphatic rings. The maximum absolute atomic E-state index is 9.58. The number of piperazine rings is 1. The summed E-state index contributed by atoms with van der Waals surface area (Å²) in [6.07, 6.45) is 0. The third-order valence-corrected chi connectivity index (χ3v) is 4.75. The summed E-state index contributed by atoms with van der Waals surface area (Å²) in [6.45, 7) is 7.16. The monoisotopic (exact) mass is 371 g/mol. The zero-order valence-corrected chi connectivity index (χ0v) is 15.8. The average Bonchev–Trinajstić information content (AvgIpc) is 2.64. The SMILES string of the molecule is CCOc1ccc(NC(=S)N2CCN(Cc3cccc(O)c3)CC2)cc1. The van der Waals surface area contributed by atoms with Crippen molar-refractivity contribution in [3.63, 3.8) is 0 Å². The van der Waals surface area contributed by atoms with E-state index in [1.807, 2.05) is 49.4 Å². The number of hydrogen-bond donors (Lipinski definition) is 2. The van der Waals surface area contributed by atoms with Gasteiger partial charge in [0.25, 0.3) is 0 Å². The molecule has 0 unspecified atom stereocenters. The number of nitrogens with zero attached hydrogens (tertiary/aromatic N) is 2. The number of phenols is 1. The maximum atomic E-state index is 9.58. The van der Waals surface area contributed by atoms with Crippen LogP contribution in [0, 0.1) is 0 Å². The summed E-state index contributed by atoms with van der Waals surface area (Å²) in [5, 5.41) is 13.6. The van der Waals surface area contributed by atoms with Gasteiger partial charge in [-0.25, -0.2) is 0 Å². The van der Waals surface area contributed by atoms with Gasteiger partial charge in [0, 0.05) is 38.4 Å². The molecule has 2 aromatic carbocycles. The number of phenolic OH excluding ortho intramolecular Hbond substituents is 1. The minimum atomic E-state index is 0.321. The van der Waals surface area contributed by atoms with Crippen molar-refractivity contribution in [3.05, 3.63) is 54.1 Å². The van der Waals surface area contributed by atoms with Gasteiger partial charge in [0.1, 0.15) is 11.5 Å². The lowest BCUT2D eigenvalue weighted by Gasteiger charge is -2.36. The van der Waals surface area contributed by atoms with Crippen molar-refractivity contribution < 1.29 is 9.84 Å². The molecule has 1 aliphatic heterocycles. The Morgan fingerprint density at radius 1 is 1.12 bits per heavy atom. The lowest BCUT2D eigenvalue weighted by Crippen LogP contribution is -2.49. The molecule has 26 heavy (non-hydrogen) atoms. The van der Waals surface area contributed by atoms with Crippen LogP contribution in [0.5, 0.6) is 11.5 Å². The second-order valence-electron chi connectivity index (χ2n) is 6.32. The molecule has 0 radical (unpaired) electrons. The van der Waals surface area contributed by atoms with Gasteiger partial charge in [-0.15, -0.1) is 0 Å². The van der Waals surface area contributed by atoms with Crippen LogP contribution in [0.4, 0.5) is 5.69 Å². The number of thiocarbonyl (C=S) groups is 1. The van der Waals surface area contributed by atoms with E-state index in [1.54, 1.807) is 6.07 Å². The Kier molecular flexibility index (Phi) is 6.30. The van der Waals surface area contributed by atoms with Crippen molar-refractivity contribution in [1.82, 2.24) is 9.80 Å². The molecule has 0 saturated carbocycles. The van der Waals surface area contributed by atoms with Crippen molar-refractivity contribution in [2.24, 2.45) is 0 Å². The summed E-state index contributed by atoms with van der Waals surface area (Å²) in [5.41, 5.74) is 2.11. The Balaban J connectivity index is 1.47. The zero-order valence-electron chi connectivity index (χ0n) is 15.0. The van der Waals surface area contributed by atoms with Crippen molar-refractivity contribution >= 4 is 23.0 Å².